The summed E-state index contributed by atoms with van der Waals surface area (Å²) in [6.45, 7) is 5.51. The van der Waals surface area contributed by atoms with Crippen molar-refractivity contribution in [1.82, 2.24) is 14.8 Å². The van der Waals surface area contributed by atoms with Gasteiger partial charge in [-0.15, -0.1) is 0 Å². The zero-order valence-electron chi connectivity index (χ0n) is 18.9. The van der Waals surface area contributed by atoms with Crippen LogP contribution in [0.2, 0.25) is 0 Å². The van der Waals surface area contributed by atoms with Crippen molar-refractivity contribution in [3.8, 4) is 0 Å². The summed E-state index contributed by atoms with van der Waals surface area (Å²) in [5, 5.41) is 2.75. The van der Waals surface area contributed by atoms with Gasteiger partial charge in [-0.2, -0.15) is 0 Å². The summed E-state index contributed by atoms with van der Waals surface area (Å²) in [6, 6.07) is 6.22. The molecular weight excluding hydrogens is 409 g/mol. The minimum absolute atomic E-state index is 0.0325. The monoisotopic (exact) mass is 441 g/mol. The largest absolute Gasteiger partial charge is 0.352 e. The second-order valence-corrected chi connectivity index (χ2v) is 8.46. The molecule has 1 aliphatic rings. The lowest BCUT2D eigenvalue weighted by molar-refractivity contribution is 0.0759. The van der Waals surface area contributed by atoms with Crippen LogP contribution in [0.1, 0.15) is 78.3 Å². The van der Waals surface area contributed by atoms with Gasteiger partial charge in [0.15, 0.2) is 0 Å². The molecule has 0 bridgehead atoms. The number of carbonyl (C=O) groups excluding carboxylic acids is 2. The van der Waals surface area contributed by atoms with Crippen molar-refractivity contribution >= 4 is 11.8 Å². The second-order valence-electron chi connectivity index (χ2n) is 8.46. The highest BCUT2D eigenvalue weighted by Gasteiger charge is 2.24. The Labute approximate surface area is 188 Å². The fourth-order valence-corrected chi connectivity index (χ4v) is 3.93. The molecule has 7 heteroatoms. The van der Waals surface area contributed by atoms with E-state index in [1.165, 1.54) is 18.3 Å². The summed E-state index contributed by atoms with van der Waals surface area (Å²) < 4.78 is 15.1. The SMILES string of the molecule is CCC(C)n1cc(C(=O)NCCc2cccc(F)c2)c(=O)c(C(=O)N2CCCCCC2)c1. The van der Waals surface area contributed by atoms with E-state index in [-0.39, 0.29) is 35.4 Å². The number of amides is 2. The second kappa shape index (κ2) is 11.1. The van der Waals surface area contributed by atoms with Gasteiger partial charge in [0.25, 0.3) is 11.8 Å². The molecule has 32 heavy (non-hydrogen) atoms. The average Bonchev–Trinajstić information content (AvgIpc) is 3.08. The highest BCUT2D eigenvalue weighted by atomic mass is 19.1. The Bertz CT molecular complexity index is 1010. The number of likely N-dealkylation sites (tertiary alicyclic amines) is 1. The fraction of sp³-hybridized carbons (Fsp3) is 0.480. The molecule has 6 nitrogen and oxygen atoms in total. The molecule has 0 saturated carbocycles. The molecule has 1 aromatic heterocycles. The van der Waals surface area contributed by atoms with E-state index in [0.29, 0.717) is 19.5 Å². The van der Waals surface area contributed by atoms with Crippen LogP contribution in [0.15, 0.2) is 41.5 Å². The third kappa shape index (κ3) is 5.84. The van der Waals surface area contributed by atoms with Crippen LogP contribution < -0.4 is 10.7 Å². The Morgan fingerprint density at radius 2 is 1.78 bits per heavy atom. The molecule has 2 heterocycles. The first-order valence-electron chi connectivity index (χ1n) is 11.5. The standard InChI is InChI=1S/C25H32FN3O3/c1-3-18(2)29-16-21(24(31)27-12-11-19-9-8-10-20(26)15-19)23(30)22(17-29)25(32)28-13-6-4-5-7-14-28/h8-10,15-18H,3-7,11-14H2,1-2H3,(H,27,31). The van der Waals surface area contributed by atoms with E-state index in [1.807, 2.05) is 13.8 Å². The smallest absolute Gasteiger partial charge is 0.259 e. The van der Waals surface area contributed by atoms with Crippen molar-refractivity contribution in [2.45, 2.75) is 58.4 Å². The summed E-state index contributed by atoms with van der Waals surface area (Å²) in [5.74, 6) is -1.15. The molecule has 1 N–H and O–H groups in total. The van der Waals surface area contributed by atoms with Crippen molar-refractivity contribution in [3.63, 3.8) is 0 Å². The third-order valence-electron chi connectivity index (χ3n) is 6.10. The van der Waals surface area contributed by atoms with Gasteiger partial charge < -0.3 is 14.8 Å². The Kier molecular flexibility index (Phi) is 8.20. The van der Waals surface area contributed by atoms with Gasteiger partial charge in [-0.25, -0.2) is 4.39 Å². The van der Waals surface area contributed by atoms with E-state index in [4.69, 9.17) is 0 Å². The quantitative estimate of drug-likeness (QED) is 0.707. The zero-order chi connectivity index (χ0) is 23.1. The van der Waals surface area contributed by atoms with Gasteiger partial charge in [-0.05, 0) is 50.3 Å². The summed E-state index contributed by atoms with van der Waals surface area (Å²) in [4.78, 5) is 40.9. The Morgan fingerprint density at radius 1 is 1.09 bits per heavy atom. The van der Waals surface area contributed by atoms with Gasteiger partial charge in [0, 0.05) is 38.1 Å². The van der Waals surface area contributed by atoms with Crippen LogP contribution in [-0.4, -0.2) is 40.9 Å². The molecule has 0 radical (unpaired) electrons. The molecule has 1 aliphatic heterocycles. The normalized spacial score (nSPS) is 15.2. The number of carbonyl (C=O) groups is 2. The van der Waals surface area contributed by atoms with E-state index in [9.17, 15) is 18.8 Å². The number of benzene rings is 1. The van der Waals surface area contributed by atoms with Crippen molar-refractivity contribution in [2.75, 3.05) is 19.6 Å². The molecule has 1 aromatic carbocycles. The van der Waals surface area contributed by atoms with E-state index >= 15 is 0 Å². The maximum atomic E-state index is 13.4. The van der Waals surface area contributed by atoms with Crippen molar-refractivity contribution in [1.29, 1.82) is 0 Å². The zero-order valence-corrected chi connectivity index (χ0v) is 18.9. The van der Waals surface area contributed by atoms with Crippen LogP contribution in [0.4, 0.5) is 4.39 Å². The minimum Gasteiger partial charge on any atom is -0.352 e. The number of pyridine rings is 1. The van der Waals surface area contributed by atoms with Crippen LogP contribution in [0, 0.1) is 5.82 Å². The lowest BCUT2D eigenvalue weighted by Gasteiger charge is -2.22. The molecular formula is C25H32FN3O3. The van der Waals surface area contributed by atoms with Crippen LogP contribution in [-0.2, 0) is 6.42 Å². The fourth-order valence-electron chi connectivity index (χ4n) is 3.93. The van der Waals surface area contributed by atoms with E-state index in [1.54, 1.807) is 27.8 Å². The number of halogens is 1. The van der Waals surface area contributed by atoms with E-state index < -0.39 is 11.3 Å². The van der Waals surface area contributed by atoms with E-state index in [0.717, 1.165) is 37.7 Å². The predicted molar refractivity (Wildman–Crippen MR) is 123 cm³/mol. The van der Waals surface area contributed by atoms with Crippen molar-refractivity contribution < 1.29 is 14.0 Å². The van der Waals surface area contributed by atoms with Gasteiger partial charge >= 0.3 is 0 Å². The number of hydrogen-bond donors (Lipinski definition) is 1. The van der Waals surface area contributed by atoms with Crippen LogP contribution in [0.25, 0.3) is 0 Å². The lowest BCUT2D eigenvalue weighted by atomic mass is 10.1. The van der Waals surface area contributed by atoms with Crippen LogP contribution in [0.3, 0.4) is 0 Å². The first-order chi connectivity index (χ1) is 15.4. The first-order valence-corrected chi connectivity index (χ1v) is 11.5. The topological polar surface area (TPSA) is 71.4 Å². The molecule has 2 amide bonds. The molecule has 172 valence electrons. The van der Waals surface area contributed by atoms with Gasteiger partial charge in [-0.1, -0.05) is 31.9 Å². The summed E-state index contributed by atoms with van der Waals surface area (Å²) >= 11 is 0. The summed E-state index contributed by atoms with van der Waals surface area (Å²) in [7, 11) is 0. The van der Waals surface area contributed by atoms with Crippen LogP contribution in [0.5, 0.6) is 0 Å². The summed E-state index contributed by atoms with van der Waals surface area (Å²) in [5.41, 5.74) is 0.227. The van der Waals surface area contributed by atoms with Gasteiger partial charge in [0.05, 0.1) is 0 Å². The number of nitrogens with one attached hydrogen (secondary N) is 1. The lowest BCUT2D eigenvalue weighted by Crippen LogP contribution is -2.38. The highest BCUT2D eigenvalue weighted by Crippen LogP contribution is 2.15. The first kappa shape index (κ1) is 23.7. The Balaban J connectivity index is 1.83. The Hall–Kier alpha value is -2.96. The Morgan fingerprint density at radius 3 is 2.44 bits per heavy atom. The van der Waals surface area contributed by atoms with Gasteiger partial charge in [0.1, 0.15) is 16.9 Å². The summed E-state index contributed by atoms with van der Waals surface area (Å²) in [6.07, 6.45) is 8.36. The molecule has 3 rings (SSSR count). The number of aromatic nitrogens is 1. The molecule has 2 aromatic rings. The molecule has 1 saturated heterocycles. The van der Waals surface area contributed by atoms with Gasteiger partial charge in [0.2, 0.25) is 5.43 Å². The number of rotatable bonds is 7. The van der Waals surface area contributed by atoms with E-state index in [2.05, 4.69) is 5.32 Å². The number of nitrogens with zero attached hydrogens (tertiary/aromatic N) is 2. The third-order valence-corrected chi connectivity index (χ3v) is 6.10. The van der Waals surface area contributed by atoms with Gasteiger partial charge in [-0.3, -0.25) is 14.4 Å². The van der Waals surface area contributed by atoms with Crippen molar-refractivity contribution in [2.24, 2.45) is 0 Å². The molecule has 1 atom stereocenters. The maximum Gasteiger partial charge on any atom is 0.259 e. The minimum atomic E-state index is -0.540. The number of hydrogen-bond acceptors (Lipinski definition) is 3. The maximum absolute atomic E-state index is 13.4. The molecule has 1 fully saturated rings. The highest BCUT2D eigenvalue weighted by molar-refractivity contribution is 5.99. The average molecular weight is 442 g/mol. The predicted octanol–water partition coefficient (Wildman–Crippen LogP) is 3.95. The molecule has 0 spiro atoms. The molecule has 0 aliphatic carbocycles. The molecule has 1 unspecified atom stereocenters. The van der Waals surface area contributed by atoms with Crippen LogP contribution >= 0.6 is 0 Å². The van der Waals surface area contributed by atoms with Crippen molar-refractivity contribution in [3.05, 3.63) is 69.4 Å².